The van der Waals surface area contributed by atoms with Crippen molar-refractivity contribution in [3.63, 3.8) is 0 Å². The Morgan fingerprint density at radius 1 is 1.28 bits per heavy atom. The van der Waals surface area contributed by atoms with Crippen LogP contribution in [-0.2, 0) is 4.84 Å². The molecule has 0 amide bonds. The Bertz CT molecular complexity index is 570. The Morgan fingerprint density at radius 3 is 2.80 bits per heavy atom. The van der Waals surface area contributed by atoms with Crippen LogP contribution >= 0.6 is 11.6 Å². The van der Waals surface area contributed by atoms with Crippen molar-refractivity contribution < 1.29 is 9.94 Å². The van der Waals surface area contributed by atoms with Crippen LogP contribution in [0.2, 0.25) is 5.02 Å². The molecule has 0 saturated heterocycles. The van der Waals surface area contributed by atoms with Gasteiger partial charge < -0.3 is 15.3 Å². The second-order valence-electron chi connectivity index (χ2n) is 6.47. The minimum absolute atomic E-state index is 0.219. The van der Waals surface area contributed by atoms with Gasteiger partial charge in [0, 0.05) is 11.6 Å². The largest absolute Gasteiger partial charge is 0.393 e. The lowest BCUT2D eigenvalue weighted by molar-refractivity contribution is 0.0401. The fraction of sp³-hybridized carbons (Fsp3) is 0.550. The van der Waals surface area contributed by atoms with Crippen molar-refractivity contribution in [1.29, 1.82) is 0 Å². The maximum absolute atomic E-state index is 9.92. The van der Waals surface area contributed by atoms with E-state index in [2.05, 4.69) is 23.5 Å². The summed E-state index contributed by atoms with van der Waals surface area (Å²) in [6.45, 7) is 3.84. The molecule has 0 bridgehead atoms. The van der Waals surface area contributed by atoms with Gasteiger partial charge in [-0.15, -0.1) is 0 Å². The zero-order valence-corrected chi connectivity index (χ0v) is 15.8. The van der Waals surface area contributed by atoms with E-state index < -0.39 is 6.10 Å². The molecule has 1 aliphatic rings. The Labute approximate surface area is 155 Å². The number of halogens is 1. The first-order valence-electron chi connectivity index (χ1n) is 9.23. The molecule has 0 spiro atoms. The lowest BCUT2D eigenvalue weighted by Gasteiger charge is -2.17. The van der Waals surface area contributed by atoms with E-state index in [0.29, 0.717) is 6.54 Å². The highest BCUT2D eigenvalue weighted by atomic mass is 35.5. The average Bonchev–Trinajstić information content (AvgIpc) is 2.62. The van der Waals surface area contributed by atoms with Crippen LogP contribution in [-0.4, -0.2) is 36.6 Å². The molecule has 1 aromatic rings. The number of hydrogen-bond donors (Lipinski definition) is 2. The Hall–Kier alpha value is -1.36. The van der Waals surface area contributed by atoms with Crippen molar-refractivity contribution in [2.24, 2.45) is 5.16 Å². The number of aliphatic hydroxyl groups excluding tert-OH is 1. The predicted molar refractivity (Wildman–Crippen MR) is 105 cm³/mol. The van der Waals surface area contributed by atoms with Crippen LogP contribution in [0.1, 0.15) is 51.0 Å². The van der Waals surface area contributed by atoms with Gasteiger partial charge in [0.15, 0.2) is 0 Å². The minimum atomic E-state index is -0.534. The van der Waals surface area contributed by atoms with Crippen LogP contribution in [0.5, 0.6) is 0 Å². The van der Waals surface area contributed by atoms with Crippen LogP contribution in [0.15, 0.2) is 35.0 Å². The number of nitrogens with zero attached hydrogens (tertiary/aromatic N) is 1. The molecule has 138 valence electrons. The molecule has 1 atom stereocenters. The van der Waals surface area contributed by atoms with Gasteiger partial charge in [0.25, 0.3) is 0 Å². The zero-order valence-electron chi connectivity index (χ0n) is 15.0. The maximum Gasteiger partial charge on any atom is 0.144 e. The fourth-order valence-electron chi connectivity index (χ4n) is 2.76. The molecule has 4 nitrogen and oxygen atoms in total. The molecule has 1 aliphatic carbocycles. The third kappa shape index (κ3) is 7.59. The normalized spacial score (nSPS) is 19.3. The van der Waals surface area contributed by atoms with Gasteiger partial charge in [-0.2, -0.15) is 0 Å². The van der Waals surface area contributed by atoms with Gasteiger partial charge in [-0.05, 0) is 68.0 Å². The molecule has 1 aromatic carbocycles. The van der Waals surface area contributed by atoms with Crippen molar-refractivity contribution in [1.82, 2.24) is 5.32 Å². The molecule has 0 unspecified atom stereocenters. The van der Waals surface area contributed by atoms with Crippen molar-refractivity contribution in [3.8, 4) is 0 Å². The number of unbranched alkanes of at least 4 members (excludes halogenated alkanes) is 1. The van der Waals surface area contributed by atoms with Gasteiger partial charge in [-0.1, -0.05) is 42.2 Å². The van der Waals surface area contributed by atoms with E-state index in [4.69, 9.17) is 16.4 Å². The summed E-state index contributed by atoms with van der Waals surface area (Å²) >= 11 is 5.94. The molecule has 0 aliphatic heterocycles. The van der Waals surface area contributed by atoms with E-state index in [1.54, 1.807) is 0 Å². The van der Waals surface area contributed by atoms with E-state index >= 15 is 0 Å². The van der Waals surface area contributed by atoms with E-state index in [0.717, 1.165) is 54.9 Å². The molecule has 1 fully saturated rings. The number of aliphatic hydroxyl groups is 1. The maximum atomic E-state index is 9.92. The predicted octanol–water partition coefficient (Wildman–Crippen LogP) is 4.42. The first kappa shape index (κ1) is 20.0. The summed E-state index contributed by atoms with van der Waals surface area (Å²) in [7, 11) is 0. The lowest BCUT2D eigenvalue weighted by Crippen LogP contribution is -2.30. The number of oxime groups is 1. The fourth-order valence-corrected chi connectivity index (χ4v) is 2.89. The Morgan fingerprint density at radius 2 is 2.04 bits per heavy atom. The van der Waals surface area contributed by atoms with Crippen LogP contribution in [0.3, 0.4) is 0 Å². The molecule has 2 N–H and O–H groups in total. The van der Waals surface area contributed by atoms with E-state index in [1.807, 2.05) is 24.3 Å². The number of benzene rings is 1. The molecule has 5 heteroatoms. The third-order valence-corrected chi connectivity index (χ3v) is 4.47. The molecular formula is C20H29ClN2O2. The van der Waals surface area contributed by atoms with Crippen LogP contribution < -0.4 is 5.32 Å². The summed E-state index contributed by atoms with van der Waals surface area (Å²) in [6, 6.07) is 7.81. The number of allylic oxidation sites excluding steroid dienone is 1. The molecule has 1 saturated carbocycles. The highest BCUT2D eigenvalue weighted by Gasteiger charge is 2.14. The van der Waals surface area contributed by atoms with E-state index in [9.17, 15) is 5.11 Å². The van der Waals surface area contributed by atoms with Crippen LogP contribution in [0.4, 0.5) is 0 Å². The summed E-state index contributed by atoms with van der Waals surface area (Å²) in [5, 5.41) is 18.2. The topological polar surface area (TPSA) is 53.8 Å². The first-order valence-corrected chi connectivity index (χ1v) is 9.61. The van der Waals surface area contributed by atoms with Crippen molar-refractivity contribution >= 4 is 23.4 Å². The Kier molecular flexibility index (Phi) is 9.02. The summed E-state index contributed by atoms with van der Waals surface area (Å²) in [5.74, 6) is 0. The minimum Gasteiger partial charge on any atom is -0.393 e. The van der Waals surface area contributed by atoms with Gasteiger partial charge in [0.1, 0.15) is 12.7 Å². The van der Waals surface area contributed by atoms with Gasteiger partial charge in [-0.25, -0.2) is 0 Å². The third-order valence-electron chi connectivity index (χ3n) is 4.22. The van der Waals surface area contributed by atoms with Gasteiger partial charge >= 0.3 is 0 Å². The smallest absolute Gasteiger partial charge is 0.144 e. The van der Waals surface area contributed by atoms with Gasteiger partial charge in [0.2, 0.25) is 0 Å². The average molecular weight is 365 g/mol. The standard InChI is InChI=1S/C20H29ClN2O2/c1-2-3-12-22-14-19(24)15-25-23-20-7-5-4-6-17(20)13-16-8-10-18(21)11-9-16/h8-11,13,19,22,24H,2-7,12,14-15H2,1H3/b17-13+,23-20+/t19-/m0/s1. The van der Waals surface area contributed by atoms with Crippen molar-refractivity contribution in [2.75, 3.05) is 19.7 Å². The molecule has 0 radical (unpaired) electrons. The van der Waals surface area contributed by atoms with Gasteiger partial charge in [-0.3, -0.25) is 0 Å². The molecule has 25 heavy (non-hydrogen) atoms. The number of rotatable bonds is 9. The monoisotopic (exact) mass is 364 g/mol. The molecular weight excluding hydrogens is 336 g/mol. The lowest BCUT2D eigenvalue weighted by atomic mass is 9.91. The molecule has 0 aromatic heterocycles. The SMILES string of the molecule is CCCCNC[C@H](O)CO/N=C1\CCCC\C1=C/c1ccc(Cl)cc1. The highest BCUT2D eigenvalue weighted by Crippen LogP contribution is 2.24. The van der Waals surface area contributed by atoms with Crippen molar-refractivity contribution in [3.05, 3.63) is 40.4 Å². The molecule has 2 rings (SSSR count). The second kappa shape index (κ2) is 11.3. The highest BCUT2D eigenvalue weighted by molar-refractivity contribution is 6.30. The zero-order chi connectivity index (χ0) is 17.9. The second-order valence-corrected chi connectivity index (χ2v) is 6.91. The van der Waals surface area contributed by atoms with Gasteiger partial charge in [0.05, 0.1) is 5.71 Å². The van der Waals surface area contributed by atoms with Crippen molar-refractivity contribution in [2.45, 2.75) is 51.6 Å². The first-order chi connectivity index (χ1) is 12.2. The Balaban J connectivity index is 1.86. The summed E-state index contributed by atoms with van der Waals surface area (Å²) < 4.78 is 0. The van der Waals surface area contributed by atoms with Crippen LogP contribution in [0.25, 0.3) is 6.08 Å². The quantitative estimate of drug-likeness (QED) is 0.503. The summed E-state index contributed by atoms with van der Waals surface area (Å²) in [4.78, 5) is 5.42. The van der Waals surface area contributed by atoms with E-state index in [1.165, 1.54) is 12.0 Å². The number of hydrogen-bond acceptors (Lipinski definition) is 4. The number of nitrogens with one attached hydrogen (secondary N) is 1. The van der Waals surface area contributed by atoms with Crippen LogP contribution in [0, 0.1) is 0 Å². The summed E-state index contributed by atoms with van der Waals surface area (Å²) in [6.07, 6.45) is 8.11. The summed E-state index contributed by atoms with van der Waals surface area (Å²) in [5.41, 5.74) is 3.32. The molecule has 0 heterocycles. The van der Waals surface area contributed by atoms with E-state index in [-0.39, 0.29) is 6.61 Å².